The molecule has 1 aliphatic rings. The molecule has 1 aromatic carbocycles. The Morgan fingerprint density at radius 2 is 2.36 bits per heavy atom. The molecule has 0 saturated carbocycles. The number of nitrogens with zero attached hydrogens (tertiary/aromatic N) is 2. The number of hydrogen-bond donors (Lipinski definition) is 2. The number of aliphatic hydroxyl groups excluding tert-OH is 1. The first-order valence-electron chi connectivity index (χ1n) is 7.26. The number of likely N-dealkylation sites (N-methyl/N-ethyl adjacent to an activating group) is 1. The van der Waals surface area contributed by atoms with Gasteiger partial charge in [-0.25, -0.2) is 9.18 Å². The molecule has 2 unspecified atom stereocenters. The summed E-state index contributed by atoms with van der Waals surface area (Å²) in [5.74, 6) is -0.441. The molecule has 2 rings (SSSR count). The predicted octanol–water partition coefficient (Wildman–Crippen LogP) is 2.08. The molecule has 0 aliphatic carbocycles. The average molecular weight is 330 g/mol. The minimum Gasteiger partial charge on any atom is -0.392 e. The zero-order valence-electron chi connectivity index (χ0n) is 12.7. The summed E-state index contributed by atoms with van der Waals surface area (Å²) < 4.78 is 13.5. The fourth-order valence-corrected chi connectivity index (χ4v) is 2.68. The number of carbonyl (C=O) groups is 1. The van der Waals surface area contributed by atoms with Crippen molar-refractivity contribution in [3.05, 3.63) is 29.0 Å². The van der Waals surface area contributed by atoms with Crippen LogP contribution in [-0.4, -0.2) is 54.9 Å². The highest BCUT2D eigenvalue weighted by molar-refractivity contribution is 6.30. The summed E-state index contributed by atoms with van der Waals surface area (Å²) in [6, 6.07) is 4.51. The number of rotatable bonds is 4. The lowest BCUT2D eigenvalue weighted by molar-refractivity contribution is 0.142. The van der Waals surface area contributed by atoms with Gasteiger partial charge in [0, 0.05) is 38.4 Å². The zero-order valence-corrected chi connectivity index (χ0v) is 13.5. The molecule has 1 aliphatic heterocycles. The Kier molecular flexibility index (Phi) is 5.47. The van der Waals surface area contributed by atoms with E-state index in [-0.39, 0.29) is 23.6 Å². The van der Waals surface area contributed by atoms with Gasteiger partial charge in [0.15, 0.2) is 0 Å². The van der Waals surface area contributed by atoms with Crippen LogP contribution in [0.2, 0.25) is 5.02 Å². The lowest BCUT2D eigenvalue weighted by atomic mass is 10.2. The van der Waals surface area contributed by atoms with Crippen LogP contribution in [0.25, 0.3) is 0 Å². The number of amides is 2. The molecule has 1 heterocycles. The first-order valence-corrected chi connectivity index (χ1v) is 7.64. The molecule has 2 amide bonds. The highest BCUT2D eigenvalue weighted by atomic mass is 35.5. The number of hydrogen-bond acceptors (Lipinski definition) is 3. The van der Waals surface area contributed by atoms with Crippen LogP contribution < -0.4 is 10.2 Å². The van der Waals surface area contributed by atoms with Gasteiger partial charge >= 0.3 is 6.03 Å². The van der Waals surface area contributed by atoms with Gasteiger partial charge in [-0.1, -0.05) is 11.6 Å². The third-order valence-electron chi connectivity index (χ3n) is 3.67. The van der Waals surface area contributed by atoms with E-state index in [2.05, 4.69) is 5.32 Å². The molecule has 7 heteroatoms. The third kappa shape index (κ3) is 4.24. The molecule has 2 N–H and O–H groups in total. The van der Waals surface area contributed by atoms with E-state index in [4.69, 9.17) is 11.6 Å². The van der Waals surface area contributed by atoms with E-state index in [9.17, 15) is 14.3 Å². The molecule has 0 bridgehead atoms. The number of nitrogens with one attached hydrogen (secondary N) is 1. The second-order valence-corrected chi connectivity index (χ2v) is 6.12. The molecule has 1 saturated heterocycles. The topological polar surface area (TPSA) is 55.8 Å². The summed E-state index contributed by atoms with van der Waals surface area (Å²) in [7, 11) is 1.64. The van der Waals surface area contributed by atoms with Gasteiger partial charge in [0.25, 0.3) is 0 Å². The van der Waals surface area contributed by atoms with Gasteiger partial charge in [-0.15, -0.1) is 0 Å². The molecule has 0 aromatic heterocycles. The standard InChI is InChI=1S/C15H21ClFN3O2/c1-10(21)8-19(2)15(22)18-11-5-6-20(9-11)12-3-4-13(16)14(17)7-12/h3-4,7,10-11,21H,5-6,8-9H2,1-2H3,(H,18,22). The van der Waals surface area contributed by atoms with Crippen molar-refractivity contribution in [1.29, 1.82) is 0 Å². The minimum atomic E-state index is -0.562. The van der Waals surface area contributed by atoms with Crippen LogP contribution in [0.4, 0.5) is 14.9 Å². The second-order valence-electron chi connectivity index (χ2n) is 5.71. The van der Waals surface area contributed by atoms with Gasteiger partial charge in [-0.2, -0.15) is 0 Å². The quantitative estimate of drug-likeness (QED) is 0.889. The Balaban J connectivity index is 1.89. The van der Waals surface area contributed by atoms with Crippen molar-refractivity contribution in [2.45, 2.75) is 25.5 Å². The molecule has 0 radical (unpaired) electrons. The van der Waals surface area contributed by atoms with Crippen molar-refractivity contribution >= 4 is 23.3 Å². The second kappa shape index (κ2) is 7.15. The zero-order chi connectivity index (χ0) is 16.3. The van der Waals surface area contributed by atoms with Crippen molar-refractivity contribution in [1.82, 2.24) is 10.2 Å². The van der Waals surface area contributed by atoms with Crippen molar-refractivity contribution in [3.63, 3.8) is 0 Å². The maximum atomic E-state index is 13.5. The summed E-state index contributed by atoms with van der Waals surface area (Å²) >= 11 is 5.68. The molecule has 0 spiro atoms. The van der Waals surface area contributed by atoms with E-state index in [0.717, 1.165) is 18.7 Å². The first kappa shape index (κ1) is 16.8. The van der Waals surface area contributed by atoms with Crippen LogP contribution in [0.1, 0.15) is 13.3 Å². The van der Waals surface area contributed by atoms with Gasteiger partial charge < -0.3 is 20.2 Å². The Morgan fingerprint density at radius 3 is 3.00 bits per heavy atom. The monoisotopic (exact) mass is 329 g/mol. The summed E-state index contributed by atoms with van der Waals surface area (Å²) in [6.07, 6.45) is 0.228. The molecule has 1 aromatic rings. The number of carbonyl (C=O) groups excluding carboxylic acids is 1. The van der Waals surface area contributed by atoms with Crippen molar-refractivity contribution in [3.8, 4) is 0 Å². The molecule has 2 atom stereocenters. The van der Waals surface area contributed by atoms with Crippen molar-refractivity contribution < 1.29 is 14.3 Å². The first-order chi connectivity index (χ1) is 10.4. The Labute approximate surface area is 134 Å². The maximum Gasteiger partial charge on any atom is 0.317 e. The van der Waals surface area contributed by atoms with E-state index in [1.807, 2.05) is 4.90 Å². The van der Waals surface area contributed by atoms with E-state index in [1.165, 1.54) is 17.0 Å². The van der Waals surface area contributed by atoms with Crippen LogP contribution >= 0.6 is 11.6 Å². The molecule has 22 heavy (non-hydrogen) atoms. The van der Waals surface area contributed by atoms with Gasteiger partial charge in [0.1, 0.15) is 5.82 Å². The fraction of sp³-hybridized carbons (Fsp3) is 0.533. The largest absolute Gasteiger partial charge is 0.392 e. The number of halogens is 2. The molecular formula is C15H21ClFN3O2. The number of benzene rings is 1. The summed E-state index contributed by atoms with van der Waals surface area (Å²) in [6.45, 7) is 3.28. The maximum absolute atomic E-state index is 13.5. The highest BCUT2D eigenvalue weighted by Gasteiger charge is 2.25. The van der Waals surface area contributed by atoms with Crippen LogP contribution in [0.3, 0.4) is 0 Å². The normalized spacial score (nSPS) is 19.1. The number of aliphatic hydroxyl groups is 1. The number of urea groups is 1. The predicted molar refractivity (Wildman–Crippen MR) is 84.9 cm³/mol. The van der Waals surface area contributed by atoms with Gasteiger partial charge in [-0.3, -0.25) is 0 Å². The summed E-state index contributed by atoms with van der Waals surface area (Å²) in [4.78, 5) is 15.5. The number of anilines is 1. The Morgan fingerprint density at radius 1 is 1.64 bits per heavy atom. The third-order valence-corrected chi connectivity index (χ3v) is 3.98. The molecule has 1 fully saturated rings. The van der Waals surface area contributed by atoms with Gasteiger partial charge in [-0.05, 0) is 31.5 Å². The van der Waals surface area contributed by atoms with Gasteiger partial charge in [0.05, 0.1) is 11.1 Å². The Bertz CT molecular complexity index is 542. The van der Waals surface area contributed by atoms with E-state index in [0.29, 0.717) is 6.54 Å². The van der Waals surface area contributed by atoms with Crippen molar-refractivity contribution in [2.75, 3.05) is 31.6 Å². The molecule has 122 valence electrons. The molecular weight excluding hydrogens is 309 g/mol. The fourth-order valence-electron chi connectivity index (χ4n) is 2.56. The highest BCUT2D eigenvalue weighted by Crippen LogP contribution is 2.25. The van der Waals surface area contributed by atoms with E-state index < -0.39 is 11.9 Å². The van der Waals surface area contributed by atoms with E-state index in [1.54, 1.807) is 20.0 Å². The minimum absolute atomic E-state index is 0.00249. The average Bonchev–Trinajstić information content (AvgIpc) is 2.89. The van der Waals surface area contributed by atoms with Crippen molar-refractivity contribution in [2.24, 2.45) is 0 Å². The lowest BCUT2D eigenvalue weighted by Crippen LogP contribution is -2.46. The van der Waals surface area contributed by atoms with E-state index >= 15 is 0 Å². The van der Waals surface area contributed by atoms with Crippen LogP contribution in [0.5, 0.6) is 0 Å². The van der Waals surface area contributed by atoms with Crippen LogP contribution in [0, 0.1) is 5.82 Å². The van der Waals surface area contributed by atoms with Crippen LogP contribution in [0.15, 0.2) is 18.2 Å². The smallest absolute Gasteiger partial charge is 0.317 e. The van der Waals surface area contributed by atoms with Crippen LogP contribution in [-0.2, 0) is 0 Å². The lowest BCUT2D eigenvalue weighted by Gasteiger charge is -2.23. The Hall–Kier alpha value is -1.53. The summed E-state index contributed by atoms with van der Waals surface area (Å²) in [5.41, 5.74) is 0.760. The van der Waals surface area contributed by atoms with Gasteiger partial charge in [0.2, 0.25) is 0 Å². The molecule has 5 nitrogen and oxygen atoms in total. The SMILES string of the molecule is CC(O)CN(C)C(=O)NC1CCN(c2ccc(Cl)c(F)c2)C1. The summed E-state index contributed by atoms with van der Waals surface area (Å²) in [5, 5.41) is 12.3.